The van der Waals surface area contributed by atoms with E-state index in [9.17, 15) is 17.2 Å². The normalized spacial score (nSPS) is 11.5. The third kappa shape index (κ3) is 3.53. The van der Waals surface area contributed by atoms with Gasteiger partial charge in [0.25, 0.3) is 10.0 Å². The highest BCUT2D eigenvalue weighted by Crippen LogP contribution is 2.27. The van der Waals surface area contributed by atoms with Crippen LogP contribution >= 0.6 is 22.9 Å². The van der Waals surface area contributed by atoms with E-state index in [1.54, 1.807) is 0 Å². The van der Waals surface area contributed by atoms with Crippen LogP contribution in [-0.4, -0.2) is 18.4 Å². The SMILES string of the molecule is O=S(=O)(Nc1nc(-c2ccc(F)c(F)c2)cs1)c1ccc(Cl)nc1. The summed E-state index contributed by atoms with van der Waals surface area (Å²) in [5, 5.41) is 1.79. The molecule has 3 aromatic rings. The quantitative estimate of drug-likeness (QED) is 0.688. The minimum absolute atomic E-state index is 0.0727. The van der Waals surface area contributed by atoms with E-state index in [0.29, 0.717) is 11.3 Å². The highest BCUT2D eigenvalue weighted by atomic mass is 35.5. The van der Waals surface area contributed by atoms with Crippen LogP contribution in [0.25, 0.3) is 11.3 Å². The van der Waals surface area contributed by atoms with Crippen molar-refractivity contribution in [2.45, 2.75) is 4.90 Å². The molecule has 0 radical (unpaired) electrons. The zero-order valence-corrected chi connectivity index (χ0v) is 14.1. The molecule has 0 aliphatic heterocycles. The molecule has 0 unspecified atom stereocenters. The van der Waals surface area contributed by atoms with Crippen LogP contribution in [0.15, 0.2) is 46.8 Å². The highest BCUT2D eigenvalue weighted by molar-refractivity contribution is 7.93. The van der Waals surface area contributed by atoms with E-state index in [4.69, 9.17) is 11.6 Å². The van der Waals surface area contributed by atoms with Crippen molar-refractivity contribution in [1.82, 2.24) is 9.97 Å². The minimum atomic E-state index is -3.87. The average molecular weight is 388 g/mol. The number of nitrogens with zero attached hydrogens (tertiary/aromatic N) is 2. The first-order chi connectivity index (χ1) is 11.3. The first-order valence-electron chi connectivity index (χ1n) is 6.40. The number of anilines is 1. The summed E-state index contributed by atoms with van der Waals surface area (Å²) >= 11 is 6.64. The number of nitrogens with one attached hydrogen (secondary N) is 1. The summed E-state index contributed by atoms with van der Waals surface area (Å²) in [5.41, 5.74) is 0.662. The molecule has 124 valence electrons. The van der Waals surface area contributed by atoms with Crippen molar-refractivity contribution in [3.05, 3.63) is 58.7 Å². The Hall–Kier alpha value is -2.10. The molecule has 24 heavy (non-hydrogen) atoms. The minimum Gasteiger partial charge on any atom is -0.255 e. The van der Waals surface area contributed by atoms with Gasteiger partial charge in [0, 0.05) is 17.1 Å². The molecule has 0 bridgehead atoms. The van der Waals surface area contributed by atoms with E-state index >= 15 is 0 Å². The van der Waals surface area contributed by atoms with Gasteiger partial charge in [0.15, 0.2) is 16.8 Å². The van der Waals surface area contributed by atoms with Gasteiger partial charge in [-0.1, -0.05) is 11.6 Å². The molecule has 0 spiro atoms. The van der Waals surface area contributed by atoms with Crippen molar-refractivity contribution in [3.63, 3.8) is 0 Å². The first-order valence-corrected chi connectivity index (χ1v) is 9.14. The Morgan fingerprint density at radius 2 is 1.92 bits per heavy atom. The van der Waals surface area contributed by atoms with Gasteiger partial charge in [-0.25, -0.2) is 27.2 Å². The molecule has 0 saturated carbocycles. The lowest BCUT2D eigenvalue weighted by molar-refractivity contribution is 0.509. The summed E-state index contributed by atoms with van der Waals surface area (Å²) < 4.78 is 53.0. The zero-order chi connectivity index (χ0) is 17.3. The number of hydrogen-bond acceptors (Lipinski definition) is 5. The van der Waals surface area contributed by atoms with Crippen LogP contribution in [0.4, 0.5) is 13.9 Å². The number of hydrogen-bond donors (Lipinski definition) is 1. The number of thiazole rings is 1. The Labute approximate surface area is 145 Å². The fourth-order valence-corrected chi connectivity index (χ4v) is 3.83. The predicted octanol–water partition coefficient (Wildman–Crippen LogP) is 3.94. The van der Waals surface area contributed by atoms with E-state index in [1.165, 1.54) is 23.6 Å². The lowest BCUT2D eigenvalue weighted by atomic mass is 10.2. The molecule has 5 nitrogen and oxygen atoms in total. The second-order valence-corrected chi connectivity index (χ2v) is 7.52. The standard InChI is InChI=1S/C14H8ClF2N3O2S2/c15-13-4-2-9(6-18-13)24(21,22)20-14-19-12(7-23-14)8-1-3-10(16)11(17)5-8/h1-7H,(H,19,20). The number of pyridine rings is 1. The summed E-state index contributed by atoms with van der Waals surface area (Å²) in [4.78, 5) is 7.71. The molecular formula is C14H8ClF2N3O2S2. The van der Waals surface area contributed by atoms with Gasteiger partial charge in [0.2, 0.25) is 0 Å². The maximum Gasteiger partial charge on any atom is 0.265 e. The average Bonchev–Trinajstić information content (AvgIpc) is 2.98. The number of aromatic nitrogens is 2. The molecule has 0 atom stereocenters. The molecule has 1 N–H and O–H groups in total. The summed E-state index contributed by atoms with van der Waals surface area (Å²) in [6.07, 6.45) is 1.12. The molecule has 0 fully saturated rings. The van der Waals surface area contributed by atoms with E-state index < -0.39 is 21.7 Å². The molecule has 0 aliphatic rings. The molecule has 2 heterocycles. The lowest BCUT2D eigenvalue weighted by Gasteiger charge is -2.04. The van der Waals surface area contributed by atoms with Crippen molar-refractivity contribution in [2.75, 3.05) is 4.72 Å². The molecule has 1 aromatic carbocycles. The maximum absolute atomic E-state index is 13.3. The number of halogens is 3. The van der Waals surface area contributed by atoms with Gasteiger partial charge in [-0.3, -0.25) is 4.72 Å². The number of rotatable bonds is 4. The van der Waals surface area contributed by atoms with Crippen LogP contribution in [0.1, 0.15) is 0 Å². The van der Waals surface area contributed by atoms with Crippen molar-refractivity contribution < 1.29 is 17.2 Å². The number of benzene rings is 1. The molecule has 0 amide bonds. The Morgan fingerprint density at radius 3 is 2.58 bits per heavy atom. The molecular weight excluding hydrogens is 380 g/mol. The van der Waals surface area contributed by atoms with Gasteiger partial charge in [-0.2, -0.15) is 0 Å². The first kappa shape index (κ1) is 16.7. The fraction of sp³-hybridized carbons (Fsp3) is 0. The van der Waals surface area contributed by atoms with E-state index in [2.05, 4.69) is 14.7 Å². The lowest BCUT2D eigenvalue weighted by Crippen LogP contribution is -2.13. The molecule has 0 aliphatic carbocycles. The monoisotopic (exact) mass is 387 g/mol. The Balaban J connectivity index is 1.85. The van der Waals surface area contributed by atoms with Gasteiger partial charge in [-0.05, 0) is 30.3 Å². The van der Waals surface area contributed by atoms with Gasteiger partial charge in [0.05, 0.1) is 5.69 Å². The highest BCUT2D eigenvalue weighted by Gasteiger charge is 2.17. The van der Waals surface area contributed by atoms with Crippen molar-refractivity contribution >= 4 is 38.1 Å². The van der Waals surface area contributed by atoms with E-state index in [0.717, 1.165) is 29.7 Å². The van der Waals surface area contributed by atoms with Crippen molar-refractivity contribution in [2.24, 2.45) is 0 Å². The van der Waals surface area contributed by atoms with E-state index in [1.807, 2.05) is 0 Å². The summed E-state index contributed by atoms with van der Waals surface area (Å²) in [7, 11) is -3.87. The second kappa shape index (κ2) is 6.42. The smallest absolute Gasteiger partial charge is 0.255 e. The molecule has 0 saturated heterocycles. The topological polar surface area (TPSA) is 72.0 Å². The van der Waals surface area contributed by atoms with Gasteiger partial charge in [0.1, 0.15) is 10.0 Å². The Morgan fingerprint density at radius 1 is 1.12 bits per heavy atom. The number of sulfonamides is 1. The van der Waals surface area contributed by atoms with Crippen LogP contribution in [0.5, 0.6) is 0 Å². The summed E-state index contributed by atoms with van der Waals surface area (Å²) in [6.45, 7) is 0. The van der Waals surface area contributed by atoms with Gasteiger partial charge < -0.3 is 0 Å². The Kier molecular flexibility index (Phi) is 4.48. The van der Waals surface area contributed by atoms with Crippen LogP contribution in [0.3, 0.4) is 0 Å². The van der Waals surface area contributed by atoms with Crippen molar-refractivity contribution in [3.8, 4) is 11.3 Å². The van der Waals surface area contributed by atoms with Crippen LogP contribution < -0.4 is 4.72 Å². The summed E-state index contributed by atoms with van der Waals surface area (Å²) in [5.74, 6) is -1.97. The van der Waals surface area contributed by atoms with Gasteiger partial charge in [-0.15, -0.1) is 11.3 Å². The largest absolute Gasteiger partial charge is 0.265 e. The Bertz CT molecular complexity index is 992. The zero-order valence-electron chi connectivity index (χ0n) is 11.7. The second-order valence-electron chi connectivity index (χ2n) is 4.59. The third-order valence-corrected chi connectivity index (χ3v) is 5.39. The fourth-order valence-electron chi connectivity index (χ4n) is 1.80. The third-order valence-electron chi connectivity index (χ3n) is 2.95. The molecule has 3 rings (SSSR count). The van der Waals surface area contributed by atoms with E-state index in [-0.39, 0.29) is 15.2 Å². The van der Waals surface area contributed by atoms with Gasteiger partial charge >= 0.3 is 0 Å². The van der Waals surface area contributed by atoms with Crippen molar-refractivity contribution in [1.29, 1.82) is 0 Å². The van der Waals surface area contributed by atoms with Crippen LogP contribution in [0, 0.1) is 11.6 Å². The maximum atomic E-state index is 13.3. The molecule has 10 heteroatoms. The van der Waals surface area contributed by atoms with Crippen LogP contribution in [0.2, 0.25) is 5.15 Å². The summed E-state index contributed by atoms with van der Waals surface area (Å²) in [6, 6.07) is 5.99. The predicted molar refractivity (Wildman–Crippen MR) is 87.5 cm³/mol. The molecule has 2 aromatic heterocycles. The van der Waals surface area contributed by atoms with Crippen LogP contribution in [-0.2, 0) is 10.0 Å².